The predicted octanol–water partition coefficient (Wildman–Crippen LogP) is 1.59. The number of nitrogens with two attached hydrogens (primary N) is 1. The molecule has 0 spiro atoms. The fourth-order valence-electron chi connectivity index (χ4n) is 0.791. The topological polar surface area (TPSA) is 43.1 Å². The molecule has 1 aromatic rings. The van der Waals surface area contributed by atoms with Crippen LogP contribution in [0.15, 0.2) is 12.1 Å². The average molecular weight is 169 g/mol. The van der Waals surface area contributed by atoms with Crippen LogP contribution in [0.1, 0.15) is 21.5 Å². The van der Waals surface area contributed by atoms with Gasteiger partial charge in [0.05, 0.1) is 10.9 Å². The van der Waals surface area contributed by atoms with Crippen LogP contribution in [0.3, 0.4) is 0 Å². The van der Waals surface area contributed by atoms with E-state index in [2.05, 4.69) is 0 Å². The van der Waals surface area contributed by atoms with Gasteiger partial charge in [-0.15, -0.1) is 11.3 Å². The van der Waals surface area contributed by atoms with Crippen molar-refractivity contribution in [3.63, 3.8) is 0 Å². The second-order valence-corrected chi connectivity index (χ2v) is 3.85. The van der Waals surface area contributed by atoms with E-state index in [1.807, 2.05) is 19.1 Å². The summed E-state index contributed by atoms with van der Waals surface area (Å²) in [5.41, 5.74) is 5.43. The lowest BCUT2D eigenvalue weighted by atomic mass is 10.2. The summed E-state index contributed by atoms with van der Waals surface area (Å²) in [5.74, 6) is 0.0306. The van der Waals surface area contributed by atoms with Crippen LogP contribution in [0.25, 0.3) is 0 Å². The molecule has 0 radical (unpaired) electrons. The van der Waals surface area contributed by atoms with E-state index in [4.69, 9.17) is 5.73 Å². The zero-order valence-corrected chi connectivity index (χ0v) is 7.44. The third-order valence-corrected chi connectivity index (χ3v) is 2.41. The van der Waals surface area contributed by atoms with Gasteiger partial charge in [-0.2, -0.15) is 0 Å². The number of hydrogen-bond acceptors (Lipinski definition) is 3. The number of thiophene rings is 1. The molecule has 0 saturated heterocycles. The summed E-state index contributed by atoms with van der Waals surface area (Å²) in [4.78, 5) is 13.2. The second-order valence-electron chi connectivity index (χ2n) is 2.56. The molecule has 0 fully saturated rings. The highest BCUT2D eigenvalue weighted by Crippen LogP contribution is 2.16. The van der Waals surface area contributed by atoms with Gasteiger partial charge in [-0.05, 0) is 26.0 Å². The van der Waals surface area contributed by atoms with E-state index in [-0.39, 0.29) is 11.8 Å². The number of aryl methyl sites for hydroxylation is 1. The molecule has 1 heterocycles. The molecule has 0 aliphatic rings. The smallest absolute Gasteiger partial charge is 0.189 e. The van der Waals surface area contributed by atoms with E-state index in [9.17, 15) is 4.79 Å². The van der Waals surface area contributed by atoms with Crippen LogP contribution in [0.5, 0.6) is 0 Å². The molecule has 0 amide bonds. The molecule has 0 aromatic carbocycles. The highest BCUT2D eigenvalue weighted by atomic mass is 32.1. The first-order valence-corrected chi connectivity index (χ1v) is 4.29. The highest BCUT2D eigenvalue weighted by molar-refractivity contribution is 7.14. The van der Waals surface area contributed by atoms with Crippen molar-refractivity contribution in [1.82, 2.24) is 0 Å². The molecule has 1 aromatic heterocycles. The normalized spacial score (nSPS) is 13.0. The van der Waals surface area contributed by atoms with Gasteiger partial charge in [-0.25, -0.2) is 0 Å². The largest absolute Gasteiger partial charge is 0.321 e. The molecule has 0 bridgehead atoms. The maximum absolute atomic E-state index is 11.2. The predicted molar refractivity (Wildman–Crippen MR) is 47.0 cm³/mol. The SMILES string of the molecule is Cc1ccc(C(=O)[C@@H](C)N)s1. The van der Waals surface area contributed by atoms with Crippen LogP contribution < -0.4 is 5.73 Å². The Balaban J connectivity index is 2.85. The van der Waals surface area contributed by atoms with Gasteiger partial charge in [-0.3, -0.25) is 4.79 Å². The van der Waals surface area contributed by atoms with Crippen LogP contribution in [0.2, 0.25) is 0 Å². The van der Waals surface area contributed by atoms with Crippen molar-refractivity contribution in [1.29, 1.82) is 0 Å². The van der Waals surface area contributed by atoms with Crippen LogP contribution in [0, 0.1) is 6.92 Å². The molecule has 0 aliphatic carbocycles. The van der Waals surface area contributed by atoms with Crippen LogP contribution >= 0.6 is 11.3 Å². The molecule has 60 valence electrons. The summed E-state index contributed by atoms with van der Waals surface area (Å²) in [6, 6.07) is 3.37. The number of carbonyl (C=O) groups excluding carboxylic acids is 1. The third-order valence-electron chi connectivity index (χ3n) is 1.40. The van der Waals surface area contributed by atoms with Crippen LogP contribution in [-0.4, -0.2) is 11.8 Å². The van der Waals surface area contributed by atoms with Crippen molar-refractivity contribution < 1.29 is 4.79 Å². The fourth-order valence-corrected chi connectivity index (χ4v) is 1.70. The summed E-state index contributed by atoms with van der Waals surface area (Å²) in [6.45, 7) is 3.68. The first kappa shape index (κ1) is 8.43. The minimum atomic E-state index is -0.381. The van der Waals surface area contributed by atoms with Crippen molar-refractivity contribution in [3.05, 3.63) is 21.9 Å². The lowest BCUT2D eigenvalue weighted by molar-refractivity contribution is 0.0972. The maximum Gasteiger partial charge on any atom is 0.189 e. The van der Waals surface area contributed by atoms with Crippen molar-refractivity contribution in [2.24, 2.45) is 5.73 Å². The van der Waals surface area contributed by atoms with Crippen molar-refractivity contribution in [3.8, 4) is 0 Å². The summed E-state index contributed by atoms with van der Waals surface area (Å²) >= 11 is 1.49. The Kier molecular flexibility index (Phi) is 2.42. The van der Waals surface area contributed by atoms with Gasteiger partial charge in [0.25, 0.3) is 0 Å². The number of carbonyl (C=O) groups is 1. The number of hydrogen-bond donors (Lipinski definition) is 1. The molecule has 1 atom stereocenters. The van der Waals surface area contributed by atoms with Crippen LogP contribution in [0.4, 0.5) is 0 Å². The minimum Gasteiger partial charge on any atom is -0.321 e. The van der Waals surface area contributed by atoms with E-state index in [1.54, 1.807) is 6.92 Å². The molecule has 1 rings (SSSR count). The highest BCUT2D eigenvalue weighted by Gasteiger charge is 2.11. The third kappa shape index (κ3) is 1.88. The average Bonchev–Trinajstić information content (AvgIpc) is 2.34. The molecule has 2 N–H and O–H groups in total. The molecule has 2 nitrogen and oxygen atoms in total. The van der Waals surface area contributed by atoms with E-state index in [1.165, 1.54) is 11.3 Å². The monoisotopic (exact) mass is 169 g/mol. The Labute approximate surface area is 70.0 Å². The van der Waals surface area contributed by atoms with Crippen molar-refractivity contribution in [2.75, 3.05) is 0 Å². The van der Waals surface area contributed by atoms with Crippen LogP contribution in [-0.2, 0) is 0 Å². The van der Waals surface area contributed by atoms with E-state index >= 15 is 0 Å². The zero-order chi connectivity index (χ0) is 8.43. The molecule has 0 aliphatic heterocycles. The standard InChI is InChI=1S/C8H11NOS/c1-5-3-4-7(11-5)8(10)6(2)9/h3-4,6H,9H2,1-2H3/t6-/m1/s1. The van der Waals surface area contributed by atoms with Gasteiger partial charge >= 0.3 is 0 Å². The van der Waals surface area contributed by atoms with Gasteiger partial charge in [0.1, 0.15) is 0 Å². The number of ketones is 1. The molecular weight excluding hydrogens is 158 g/mol. The molecule has 3 heteroatoms. The maximum atomic E-state index is 11.2. The lowest BCUT2D eigenvalue weighted by Crippen LogP contribution is -2.25. The summed E-state index contributed by atoms with van der Waals surface area (Å²) in [7, 11) is 0. The van der Waals surface area contributed by atoms with Gasteiger partial charge in [-0.1, -0.05) is 0 Å². The van der Waals surface area contributed by atoms with Gasteiger partial charge < -0.3 is 5.73 Å². The van der Waals surface area contributed by atoms with E-state index in [0.29, 0.717) is 0 Å². The first-order valence-electron chi connectivity index (χ1n) is 3.47. The Hall–Kier alpha value is -0.670. The number of rotatable bonds is 2. The molecule has 11 heavy (non-hydrogen) atoms. The second kappa shape index (κ2) is 3.15. The summed E-state index contributed by atoms with van der Waals surface area (Å²) in [5, 5.41) is 0. The minimum absolute atomic E-state index is 0.0306. The summed E-state index contributed by atoms with van der Waals surface area (Å²) < 4.78 is 0. The van der Waals surface area contributed by atoms with Crippen molar-refractivity contribution in [2.45, 2.75) is 19.9 Å². The molecule has 0 unspecified atom stereocenters. The van der Waals surface area contributed by atoms with E-state index in [0.717, 1.165) is 9.75 Å². The Morgan fingerprint density at radius 1 is 1.64 bits per heavy atom. The Morgan fingerprint density at radius 3 is 2.64 bits per heavy atom. The Bertz CT molecular complexity index is 265. The van der Waals surface area contributed by atoms with Gasteiger partial charge in [0.2, 0.25) is 0 Å². The Morgan fingerprint density at radius 2 is 2.27 bits per heavy atom. The lowest BCUT2D eigenvalue weighted by Gasteiger charge is -1.98. The molecular formula is C8H11NOS. The van der Waals surface area contributed by atoms with E-state index < -0.39 is 0 Å². The van der Waals surface area contributed by atoms with Gasteiger partial charge in [0, 0.05) is 4.88 Å². The quantitative estimate of drug-likeness (QED) is 0.683. The summed E-state index contributed by atoms with van der Waals surface area (Å²) in [6.07, 6.45) is 0. The first-order chi connectivity index (χ1) is 5.11. The zero-order valence-electron chi connectivity index (χ0n) is 6.63. The fraction of sp³-hybridized carbons (Fsp3) is 0.375. The van der Waals surface area contributed by atoms with Gasteiger partial charge in [0.15, 0.2) is 5.78 Å². The molecule has 0 saturated carbocycles. The number of Topliss-reactive ketones (excluding diaryl/α,β-unsaturated/α-hetero) is 1. The van der Waals surface area contributed by atoms with Crippen molar-refractivity contribution >= 4 is 17.1 Å².